The van der Waals surface area contributed by atoms with E-state index < -0.39 is 0 Å². The van der Waals surface area contributed by atoms with Crippen molar-refractivity contribution in [2.24, 2.45) is 0 Å². The second-order valence-electron chi connectivity index (χ2n) is 2.89. The van der Waals surface area contributed by atoms with Crippen molar-refractivity contribution in [1.82, 2.24) is 0 Å². The van der Waals surface area contributed by atoms with Crippen molar-refractivity contribution in [1.29, 1.82) is 0 Å². The van der Waals surface area contributed by atoms with Crippen LogP contribution in [0.15, 0.2) is 91.0 Å². The SMILES string of the molecule is [Y+3].[Y].c1cc[cH-]c1.c1cc[cH-]c1.c1cc[cH-]c1. The van der Waals surface area contributed by atoms with Gasteiger partial charge in [0.15, 0.2) is 0 Å². The van der Waals surface area contributed by atoms with E-state index in [9.17, 15) is 0 Å². The zero-order valence-corrected chi connectivity index (χ0v) is 15.5. The first-order valence-electron chi connectivity index (χ1n) is 5.00. The van der Waals surface area contributed by atoms with Crippen LogP contribution in [0.4, 0.5) is 0 Å². The van der Waals surface area contributed by atoms with Crippen LogP contribution in [-0.2, 0) is 65.4 Å². The molecule has 0 aliphatic rings. The predicted octanol–water partition coefficient (Wildman–Crippen LogP) is 4.21. The standard InChI is InChI=1S/3C5H5.2Y/c3*1-2-4-5-3-1;;/h3*1-5H;;/q3*-1;;+3. The Morgan fingerprint density at radius 2 is 0.588 bits per heavy atom. The summed E-state index contributed by atoms with van der Waals surface area (Å²) in [5.41, 5.74) is 0. The minimum Gasteiger partial charge on any atom is -0.214 e. The molecule has 0 saturated carbocycles. The quantitative estimate of drug-likeness (QED) is 0.518. The van der Waals surface area contributed by atoms with Crippen molar-refractivity contribution in [3.8, 4) is 0 Å². The minimum absolute atomic E-state index is 0. The summed E-state index contributed by atoms with van der Waals surface area (Å²) in [6.45, 7) is 0. The molecule has 0 fully saturated rings. The van der Waals surface area contributed by atoms with Gasteiger partial charge >= 0.3 is 32.7 Å². The Kier molecular flexibility index (Phi) is 18.7. The van der Waals surface area contributed by atoms with Gasteiger partial charge in [-0.2, -0.15) is 54.6 Å². The zero-order chi connectivity index (χ0) is 10.6. The second kappa shape index (κ2) is 16.3. The monoisotopic (exact) mass is 373 g/mol. The Labute approximate surface area is 154 Å². The van der Waals surface area contributed by atoms with E-state index in [1.807, 2.05) is 91.0 Å². The van der Waals surface area contributed by atoms with Gasteiger partial charge in [0.25, 0.3) is 0 Å². The van der Waals surface area contributed by atoms with Crippen molar-refractivity contribution in [2.75, 3.05) is 0 Å². The number of hydrogen-bond acceptors (Lipinski definition) is 0. The molecule has 2 heteroatoms. The molecule has 3 rings (SSSR count). The summed E-state index contributed by atoms with van der Waals surface area (Å²) >= 11 is 0. The molecule has 0 saturated heterocycles. The molecule has 0 aromatic heterocycles. The van der Waals surface area contributed by atoms with Crippen LogP contribution in [0, 0.1) is 0 Å². The van der Waals surface area contributed by atoms with Crippen molar-refractivity contribution in [3.05, 3.63) is 91.0 Å². The normalized spacial score (nSPS) is 7.06. The van der Waals surface area contributed by atoms with Crippen molar-refractivity contribution >= 4 is 0 Å². The zero-order valence-electron chi connectivity index (χ0n) is 9.81. The predicted molar refractivity (Wildman–Crippen MR) is 66.1 cm³/mol. The molecule has 0 N–H and O–H groups in total. The first-order chi connectivity index (χ1) is 7.50. The Balaban J connectivity index is 0. The molecular formula is C15H15Y2. The molecule has 0 aliphatic carbocycles. The summed E-state index contributed by atoms with van der Waals surface area (Å²) in [4.78, 5) is 0. The third kappa shape index (κ3) is 14.2. The average Bonchev–Trinajstić information content (AvgIpc) is 3.09. The van der Waals surface area contributed by atoms with Gasteiger partial charge in [0.1, 0.15) is 0 Å². The van der Waals surface area contributed by atoms with Gasteiger partial charge in [-0.15, -0.1) is 0 Å². The summed E-state index contributed by atoms with van der Waals surface area (Å²) in [5.74, 6) is 0. The number of rotatable bonds is 0. The maximum absolute atomic E-state index is 2.00. The molecule has 0 atom stereocenters. The van der Waals surface area contributed by atoms with Crippen LogP contribution in [0.2, 0.25) is 0 Å². The fourth-order valence-electron chi connectivity index (χ4n) is 0.962. The van der Waals surface area contributed by atoms with Crippen LogP contribution < -0.4 is 0 Å². The van der Waals surface area contributed by atoms with Crippen molar-refractivity contribution in [3.63, 3.8) is 0 Å². The Bertz CT molecular complexity index is 241. The van der Waals surface area contributed by atoms with E-state index in [4.69, 9.17) is 0 Å². The third-order valence-corrected chi connectivity index (χ3v) is 1.67. The third-order valence-electron chi connectivity index (χ3n) is 1.67. The summed E-state index contributed by atoms with van der Waals surface area (Å²) in [6, 6.07) is 30.0. The molecule has 81 valence electrons. The van der Waals surface area contributed by atoms with E-state index in [2.05, 4.69) is 0 Å². The topological polar surface area (TPSA) is 0 Å². The molecule has 3 aromatic rings. The fourth-order valence-corrected chi connectivity index (χ4v) is 0.962. The molecule has 0 amide bonds. The van der Waals surface area contributed by atoms with Gasteiger partial charge in [0.05, 0.1) is 0 Å². The van der Waals surface area contributed by atoms with E-state index in [-0.39, 0.29) is 65.4 Å². The van der Waals surface area contributed by atoms with E-state index in [1.165, 1.54) is 0 Å². The van der Waals surface area contributed by atoms with Crippen molar-refractivity contribution < 1.29 is 65.4 Å². The van der Waals surface area contributed by atoms with Crippen LogP contribution >= 0.6 is 0 Å². The fraction of sp³-hybridized carbons (Fsp3) is 0. The summed E-state index contributed by atoms with van der Waals surface area (Å²) < 4.78 is 0. The van der Waals surface area contributed by atoms with E-state index >= 15 is 0 Å². The summed E-state index contributed by atoms with van der Waals surface area (Å²) in [7, 11) is 0. The van der Waals surface area contributed by atoms with Gasteiger partial charge in [0.2, 0.25) is 0 Å². The molecule has 3 aromatic carbocycles. The summed E-state index contributed by atoms with van der Waals surface area (Å²) in [6.07, 6.45) is 0. The van der Waals surface area contributed by atoms with Crippen LogP contribution in [0.3, 0.4) is 0 Å². The molecular weight excluding hydrogens is 358 g/mol. The molecule has 0 spiro atoms. The molecule has 0 aliphatic heterocycles. The molecule has 0 heterocycles. The van der Waals surface area contributed by atoms with Gasteiger partial charge < -0.3 is 0 Å². The largest absolute Gasteiger partial charge is 3.00 e. The smallest absolute Gasteiger partial charge is 0.214 e. The molecule has 1 radical (unpaired) electrons. The maximum atomic E-state index is 2.00. The van der Waals surface area contributed by atoms with Gasteiger partial charge in [-0.05, 0) is 0 Å². The first-order valence-corrected chi connectivity index (χ1v) is 5.00. The first kappa shape index (κ1) is 19.6. The minimum atomic E-state index is 0. The van der Waals surface area contributed by atoms with E-state index in [0.29, 0.717) is 0 Å². The van der Waals surface area contributed by atoms with Crippen LogP contribution in [-0.4, -0.2) is 0 Å². The molecule has 17 heavy (non-hydrogen) atoms. The Morgan fingerprint density at radius 3 is 0.647 bits per heavy atom. The number of hydrogen-bond donors (Lipinski definition) is 0. The molecule has 0 unspecified atom stereocenters. The van der Waals surface area contributed by atoms with Crippen LogP contribution in [0.5, 0.6) is 0 Å². The molecule has 0 nitrogen and oxygen atoms in total. The Morgan fingerprint density at radius 1 is 0.412 bits per heavy atom. The summed E-state index contributed by atoms with van der Waals surface area (Å²) in [5, 5.41) is 0. The van der Waals surface area contributed by atoms with Gasteiger partial charge in [-0.3, -0.25) is 0 Å². The van der Waals surface area contributed by atoms with Crippen LogP contribution in [0.1, 0.15) is 0 Å². The average molecular weight is 373 g/mol. The van der Waals surface area contributed by atoms with Crippen LogP contribution in [0.25, 0.3) is 0 Å². The van der Waals surface area contributed by atoms with Crippen molar-refractivity contribution in [2.45, 2.75) is 0 Å². The maximum Gasteiger partial charge on any atom is 3.00 e. The van der Waals surface area contributed by atoms with E-state index in [1.54, 1.807) is 0 Å². The van der Waals surface area contributed by atoms with Gasteiger partial charge in [0, 0.05) is 32.7 Å². The van der Waals surface area contributed by atoms with E-state index in [0.717, 1.165) is 0 Å². The second-order valence-corrected chi connectivity index (χ2v) is 2.89. The molecule has 0 bridgehead atoms. The van der Waals surface area contributed by atoms with Gasteiger partial charge in [-0.25, -0.2) is 36.4 Å². The Hall–Kier alpha value is 0.258. The van der Waals surface area contributed by atoms with Gasteiger partial charge in [-0.1, -0.05) is 0 Å².